The number of morpholine rings is 1. The molecule has 0 unspecified atom stereocenters. The topological polar surface area (TPSA) is 135 Å². The molecule has 0 atom stereocenters. The first-order chi connectivity index (χ1) is 16.5. The highest BCUT2D eigenvalue weighted by atomic mass is 19.1. The summed E-state index contributed by atoms with van der Waals surface area (Å²) in [6, 6.07) is 4.62. The number of rotatable bonds is 5. The molecule has 1 aromatic carbocycles. The van der Waals surface area contributed by atoms with E-state index in [0.717, 1.165) is 13.1 Å². The lowest BCUT2D eigenvalue weighted by Gasteiger charge is -2.27. The molecule has 4 aromatic rings. The van der Waals surface area contributed by atoms with E-state index in [9.17, 15) is 19.6 Å². The van der Waals surface area contributed by atoms with Crippen molar-refractivity contribution in [2.24, 2.45) is 0 Å². The molecule has 0 bridgehead atoms. The fraction of sp³-hybridized carbons (Fsp3) is 0.409. The van der Waals surface area contributed by atoms with Crippen molar-refractivity contribution < 1.29 is 18.8 Å². The third kappa shape index (κ3) is 3.20. The summed E-state index contributed by atoms with van der Waals surface area (Å²) in [7, 11) is 0. The van der Waals surface area contributed by atoms with Gasteiger partial charge in [-0.2, -0.15) is 10.2 Å². The van der Waals surface area contributed by atoms with Crippen LogP contribution in [0.25, 0.3) is 28.1 Å². The molecule has 0 radical (unpaired) electrons. The van der Waals surface area contributed by atoms with Crippen LogP contribution in [0.15, 0.2) is 27.8 Å². The maximum absolute atomic E-state index is 14.6. The van der Waals surface area contributed by atoms with Gasteiger partial charge in [-0.25, -0.2) is 9.37 Å². The molecule has 1 saturated heterocycles. The summed E-state index contributed by atoms with van der Waals surface area (Å²) in [6.07, 6.45) is 2.49. The zero-order valence-corrected chi connectivity index (χ0v) is 18.1. The minimum atomic E-state index is -1.10. The molecule has 12 heteroatoms. The zero-order chi connectivity index (χ0) is 23.4. The SMILES string of the molecule is N#Cc1c(F)ccc2c1n(CCN1CCOCC1)c(=O)c1c(-c3nc(C4(O)CC4)no3)ncn12. The highest BCUT2D eigenvalue weighted by molar-refractivity contribution is 5.87. The Morgan fingerprint density at radius 3 is 2.74 bits per heavy atom. The second kappa shape index (κ2) is 7.69. The van der Waals surface area contributed by atoms with Gasteiger partial charge in [0.25, 0.3) is 11.4 Å². The van der Waals surface area contributed by atoms with E-state index in [1.807, 2.05) is 6.07 Å². The number of imidazole rings is 1. The van der Waals surface area contributed by atoms with Crippen LogP contribution in [0.1, 0.15) is 24.2 Å². The molecular formula is C22H20FN7O4. The lowest BCUT2D eigenvalue weighted by atomic mass is 10.1. The quantitative estimate of drug-likeness (QED) is 0.458. The normalized spacial score (nSPS) is 17.9. The molecule has 3 aromatic heterocycles. The number of aliphatic hydroxyl groups is 1. The molecular weight excluding hydrogens is 445 g/mol. The molecule has 2 aliphatic rings. The summed E-state index contributed by atoms with van der Waals surface area (Å²) in [5, 5.41) is 23.8. The van der Waals surface area contributed by atoms with Gasteiger partial charge in [-0.15, -0.1) is 0 Å². The zero-order valence-electron chi connectivity index (χ0n) is 18.1. The highest BCUT2D eigenvalue weighted by Crippen LogP contribution is 2.44. The van der Waals surface area contributed by atoms with Crippen molar-refractivity contribution in [1.82, 2.24) is 29.0 Å². The number of hydrogen-bond acceptors (Lipinski definition) is 9. The summed E-state index contributed by atoms with van der Waals surface area (Å²) in [6.45, 7) is 3.41. The van der Waals surface area contributed by atoms with E-state index in [1.165, 1.54) is 27.4 Å². The van der Waals surface area contributed by atoms with E-state index in [2.05, 4.69) is 20.0 Å². The van der Waals surface area contributed by atoms with Crippen LogP contribution >= 0.6 is 0 Å². The monoisotopic (exact) mass is 465 g/mol. The van der Waals surface area contributed by atoms with Gasteiger partial charge in [-0.3, -0.25) is 14.1 Å². The van der Waals surface area contributed by atoms with Crippen LogP contribution in [0.3, 0.4) is 0 Å². The second-order valence-electron chi connectivity index (χ2n) is 8.58. The number of benzene rings is 1. The van der Waals surface area contributed by atoms with E-state index >= 15 is 0 Å². The first kappa shape index (κ1) is 20.9. The van der Waals surface area contributed by atoms with Crippen LogP contribution in [0.5, 0.6) is 0 Å². The first-order valence-corrected chi connectivity index (χ1v) is 11.0. The predicted octanol–water partition coefficient (Wildman–Crippen LogP) is 1.02. The van der Waals surface area contributed by atoms with Gasteiger partial charge >= 0.3 is 0 Å². The van der Waals surface area contributed by atoms with Crippen LogP contribution < -0.4 is 5.56 Å². The second-order valence-corrected chi connectivity index (χ2v) is 8.58. The molecule has 34 heavy (non-hydrogen) atoms. The van der Waals surface area contributed by atoms with Gasteiger partial charge in [-0.05, 0) is 25.0 Å². The van der Waals surface area contributed by atoms with Crippen molar-refractivity contribution in [3.63, 3.8) is 0 Å². The molecule has 4 heterocycles. The summed E-state index contributed by atoms with van der Waals surface area (Å²) in [5.74, 6) is -0.532. The molecule has 0 spiro atoms. The highest BCUT2D eigenvalue weighted by Gasteiger charge is 2.47. The molecule has 1 aliphatic carbocycles. The average molecular weight is 465 g/mol. The maximum atomic E-state index is 14.6. The van der Waals surface area contributed by atoms with E-state index in [1.54, 1.807) is 0 Å². The molecule has 6 rings (SSSR count). The Balaban J connectivity index is 1.55. The van der Waals surface area contributed by atoms with Gasteiger partial charge in [0.15, 0.2) is 5.69 Å². The molecule has 0 amide bonds. The summed E-state index contributed by atoms with van der Waals surface area (Å²) >= 11 is 0. The Morgan fingerprint density at radius 1 is 1.21 bits per heavy atom. The van der Waals surface area contributed by atoms with Gasteiger partial charge in [0.2, 0.25) is 5.82 Å². The van der Waals surface area contributed by atoms with Crippen molar-refractivity contribution >= 4 is 16.6 Å². The molecule has 1 aliphatic heterocycles. The number of ether oxygens (including phenoxy) is 1. The third-order valence-corrected chi connectivity index (χ3v) is 6.47. The van der Waals surface area contributed by atoms with Crippen LogP contribution in [0.2, 0.25) is 0 Å². The molecule has 11 nitrogen and oxygen atoms in total. The van der Waals surface area contributed by atoms with Crippen molar-refractivity contribution in [2.45, 2.75) is 25.0 Å². The van der Waals surface area contributed by atoms with Crippen molar-refractivity contribution in [3.05, 3.63) is 46.0 Å². The standard InChI is InChI=1S/C22H20FN7O4/c23-14-1-2-15-17(13(14)11-24)29(6-5-28-7-9-33-10-8-28)20(31)18-16(25-12-30(15)18)19-26-21(27-34-19)22(32)3-4-22/h1-2,12,32H,3-10H2. The van der Waals surface area contributed by atoms with Crippen LogP contribution in [-0.2, 0) is 16.9 Å². The van der Waals surface area contributed by atoms with E-state index in [0.29, 0.717) is 38.1 Å². The number of aromatic nitrogens is 5. The van der Waals surface area contributed by atoms with Gasteiger partial charge in [-0.1, -0.05) is 5.16 Å². The molecule has 2 fully saturated rings. The number of fused-ring (bicyclic) bond motifs is 3. The van der Waals surface area contributed by atoms with Crippen LogP contribution in [0, 0.1) is 17.1 Å². The van der Waals surface area contributed by atoms with E-state index in [4.69, 9.17) is 9.26 Å². The van der Waals surface area contributed by atoms with Crippen molar-refractivity contribution in [2.75, 3.05) is 32.8 Å². The summed E-state index contributed by atoms with van der Waals surface area (Å²) < 4.78 is 28.2. The van der Waals surface area contributed by atoms with Gasteiger partial charge in [0, 0.05) is 26.2 Å². The Hall–Kier alpha value is -3.66. The van der Waals surface area contributed by atoms with Crippen LogP contribution in [0.4, 0.5) is 4.39 Å². The summed E-state index contributed by atoms with van der Waals surface area (Å²) in [5.41, 5.74) is -0.767. The lowest BCUT2D eigenvalue weighted by Crippen LogP contribution is -2.39. The van der Waals surface area contributed by atoms with Crippen molar-refractivity contribution in [1.29, 1.82) is 5.26 Å². The molecule has 1 N–H and O–H groups in total. The fourth-order valence-electron chi connectivity index (χ4n) is 4.38. The molecule has 1 saturated carbocycles. The van der Waals surface area contributed by atoms with Gasteiger partial charge in [0.1, 0.15) is 34.9 Å². The fourth-order valence-corrected chi connectivity index (χ4v) is 4.38. The summed E-state index contributed by atoms with van der Waals surface area (Å²) in [4.78, 5) is 24.5. The first-order valence-electron chi connectivity index (χ1n) is 11.0. The Labute approximate surface area is 191 Å². The largest absolute Gasteiger partial charge is 0.382 e. The minimum absolute atomic E-state index is 0.0108. The number of halogens is 1. The van der Waals surface area contributed by atoms with Gasteiger partial charge < -0.3 is 18.9 Å². The van der Waals surface area contributed by atoms with Crippen molar-refractivity contribution in [3.8, 4) is 17.7 Å². The lowest BCUT2D eigenvalue weighted by molar-refractivity contribution is 0.0364. The number of hydrogen-bond donors (Lipinski definition) is 1. The Bertz CT molecular complexity index is 1520. The Morgan fingerprint density at radius 2 is 2.00 bits per heavy atom. The predicted molar refractivity (Wildman–Crippen MR) is 115 cm³/mol. The molecule has 174 valence electrons. The van der Waals surface area contributed by atoms with E-state index in [-0.39, 0.29) is 40.6 Å². The Kier molecular flexibility index (Phi) is 4.73. The van der Waals surface area contributed by atoms with Crippen LogP contribution in [-0.4, -0.2) is 66.9 Å². The smallest absolute Gasteiger partial charge is 0.279 e. The maximum Gasteiger partial charge on any atom is 0.279 e. The van der Waals surface area contributed by atoms with E-state index < -0.39 is 17.0 Å². The number of nitriles is 1. The number of nitrogens with zero attached hydrogens (tertiary/aromatic N) is 7. The third-order valence-electron chi connectivity index (χ3n) is 6.47. The van der Waals surface area contributed by atoms with Gasteiger partial charge in [0.05, 0.1) is 24.2 Å². The average Bonchev–Trinajstić information content (AvgIpc) is 3.25. The minimum Gasteiger partial charge on any atom is -0.382 e.